The van der Waals surface area contributed by atoms with Crippen LogP contribution in [-0.2, 0) is 6.54 Å². The molecular formula is C15H27N3. The van der Waals surface area contributed by atoms with E-state index in [0.717, 1.165) is 12.5 Å². The number of H-pyrrole nitrogens is 1. The molecule has 0 saturated heterocycles. The molecule has 2 rings (SSSR count). The van der Waals surface area contributed by atoms with E-state index in [1.54, 1.807) is 0 Å². The van der Waals surface area contributed by atoms with Gasteiger partial charge in [0.15, 0.2) is 0 Å². The molecule has 0 amide bonds. The summed E-state index contributed by atoms with van der Waals surface area (Å²) in [4.78, 5) is 0. The third-order valence-corrected chi connectivity index (χ3v) is 4.89. The van der Waals surface area contributed by atoms with Gasteiger partial charge in [0, 0.05) is 24.3 Å². The number of hydrogen-bond donors (Lipinski definition) is 2. The summed E-state index contributed by atoms with van der Waals surface area (Å²) in [5.41, 5.74) is 1.78. The summed E-state index contributed by atoms with van der Waals surface area (Å²) >= 11 is 0. The van der Waals surface area contributed by atoms with E-state index in [1.807, 2.05) is 12.4 Å². The highest BCUT2D eigenvalue weighted by Crippen LogP contribution is 2.40. The quantitative estimate of drug-likeness (QED) is 0.838. The van der Waals surface area contributed by atoms with Crippen LogP contribution in [0.1, 0.15) is 58.4 Å². The first-order valence-electron chi connectivity index (χ1n) is 7.33. The van der Waals surface area contributed by atoms with Gasteiger partial charge in [-0.05, 0) is 37.0 Å². The molecule has 1 fully saturated rings. The van der Waals surface area contributed by atoms with Crippen molar-refractivity contribution in [2.45, 2.75) is 65.5 Å². The normalized spacial score (nSPS) is 25.3. The third-order valence-electron chi connectivity index (χ3n) is 4.89. The molecule has 0 radical (unpaired) electrons. The Morgan fingerprint density at radius 2 is 2.06 bits per heavy atom. The van der Waals surface area contributed by atoms with E-state index in [0.29, 0.717) is 11.5 Å². The summed E-state index contributed by atoms with van der Waals surface area (Å²) in [6, 6.07) is 0.698. The smallest absolute Gasteiger partial charge is 0.0532 e. The predicted octanol–water partition coefficient (Wildman–Crippen LogP) is 3.49. The maximum atomic E-state index is 3.98. The van der Waals surface area contributed by atoms with Gasteiger partial charge < -0.3 is 5.32 Å². The van der Waals surface area contributed by atoms with E-state index in [9.17, 15) is 0 Å². The van der Waals surface area contributed by atoms with Crippen LogP contribution in [0.3, 0.4) is 0 Å². The van der Waals surface area contributed by atoms with Crippen LogP contribution in [0.2, 0.25) is 0 Å². The van der Waals surface area contributed by atoms with Crippen LogP contribution >= 0.6 is 0 Å². The van der Waals surface area contributed by atoms with Crippen LogP contribution in [0.4, 0.5) is 0 Å². The second-order valence-corrected chi connectivity index (χ2v) is 6.38. The number of aromatic nitrogens is 2. The highest BCUT2D eigenvalue weighted by Gasteiger charge is 2.31. The molecule has 3 nitrogen and oxygen atoms in total. The van der Waals surface area contributed by atoms with Crippen molar-refractivity contribution in [3.05, 3.63) is 18.0 Å². The van der Waals surface area contributed by atoms with Gasteiger partial charge in [0.05, 0.1) is 6.20 Å². The Balaban J connectivity index is 1.73. The Morgan fingerprint density at radius 3 is 2.61 bits per heavy atom. The standard InChI is InChI=1S/C15H27N3/c1-4-15(2,3)13-5-7-14(8-6-13)16-9-12-10-17-18-11-12/h10-11,13-14,16H,4-9H2,1-3H3,(H,17,18). The van der Waals surface area contributed by atoms with Crippen molar-refractivity contribution >= 4 is 0 Å². The van der Waals surface area contributed by atoms with Crippen LogP contribution in [0.15, 0.2) is 12.4 Å². The summed E-state index contributed by atoms with van der Waals surface area (Å²) in [7, 11) is 0. The number of nitrogens with one attached hydrogen (secondary N) is 2. The molecule has 1 saturated carbocycles. The van der Waals surface area contributed by atoms with Crippen molar-refractivity contribution in [3.8, 4) is 0 Å². The van der Waals surface area contributed by atoms with Crippen LogP contribution in [0.25, 0.3) is 0 Å². The Morgan fingerprint density at radius 1 is 1.33 bits per heavy atom. The summed E-state index contributed by atoms with van der Waals surface area (Å²) in [6.45, 7) is 8.13. The molecule has 0 spiro atoms. The average Bonchev–Trinajstić information content (AvgIpc) is 2.90. The number of aromatic amines is 1. The molecule has 0 unspecified atom stereocenters. The van der Waals surface area contributed by atoms with Gasteiger partial charge in [-0.25, -0.2) is 0 Å². The largest absolute Gasteiger partial charge is 0.310 e. The lowest BCUT2D eigenvalue weighted by Gasteiger charge is -2.39. The summed E-state index contributed by atoms with van der Waals surface area (Å²) < 4.78 is 0. The molecule has 1 aliphatic rings. The molecule has 2 N–H and O–H groups in total. The van der Waals surface area contributed by atoms with Crippen molar-refractivity contribution in [2.75, 3.05) is 0 Å². The molecular weight excluding hydrogens is 222 g/mol. The van der Waals surface area contributed by atoms with Gasteiger partial charge in [-0.15, -0.1) is 0 Å². The monoisotopic (exact) mass is 249 g/mol. The van der Waals surface area contributed by atoms with E-state index in [2.05, 4.69) is 36.3 Å². The Bertz CT molecular complexity index is 335. The van der Waals surface area contributed by atoms with Crippen molar-refractivity contribution in [1.82, 2.24) is 15.5 Å². The maximum Gasteiger partial charge on any atom is 0.0532 e. The topological polar surface area (TPSA) is 40.7 Å². The van der Waals surface area contributed by atoms with E-state index in [-0.39, 0.29) is 0 Å². The van der Waals surface area contributed by atoms with Gasteiger partial charge >= 0.3 is 0 Å². The highest BCUT2D eigenvalue weighted by atomic mass is 15.1. The minimum Gasteiger partial charge on any atom is -0.310 e. The van der Waals surface area contributed by atoms with E-state index < -0.39 is 0 Å². The molecule has 1 heterocycles. The second kappa shape index (κ2) is 5.87. The summed E-state index contributed by atoms with van der Waals surface area (Å²) in [6.07, 6.45) is 10.6. The van der Waals surface area contributed by atoms with Gasteiger partial charge in [-0.1, -0.05) is 27.2 Å². The summed E-state index contributed by atoms with van der Waals surface area (Å²) in [5.74, 6) is 0.912. The van der Waals surface area contributed by atoms with Gasteiger partial charge in [0.25, 0.3) is 0 Å². The Kier molecular flexibility index (Phi) is 4.44. The van der Waals surface area contributed by atoms with E-state index in [1.165, 1.54) is 37.7 Å². The Labute approximate surface area is 111 Å². The first-order valence-corrected chi connectivity index (χ1v) is 7.33. The molecule has 1 aliphatic carbocycles. The zero-order valence-corrected chi connectivity index (χ0v) is 12.0. The van der Waals surface area contributed by atoms with Crippen LogP contribution in [0.5, 0.6) is 0 Å². The fraction of sp³-hybridized carbons (Fsp3) is 0.800. The molecule has 0 aliphatic heterocycles. The lowest BCUT2D eigenvalue weighted by Crippen LogP contribution is -2.36. The zero-order valence-electron chi connectivity index (χ0n) is 12.0. The molecule has 18 heavy (non-hydrogen) atoms. The Hall–Kier alpha value is -0.830. The van der Waals surface area contributed by atoms with Crippen LogP contribution < -0.4 is 5.32 Å². The van der Waals surface area contributed by atoms with Crippen molar-refractivity contribution in [2.24, 2.45) is 11.3 Å². The second-order valence-electron chi connectivity index (χ2n) is 6.38. The van der Waals surface area contributed by atoms with Crippen molar-refractivity contribution in [3.63, 3.8) is 0 Å². The molecule has 0 aromatic carbocycles. The van der Waals surface area contributed by atoms with E-state index in [4.69, 9.17) is 0 Å². The maximum absolute atomic E-state index is 3.98. The van der Waals surface area contributed by atoms with E-state index >= 15 is 0 Å². The molecule has 0 atom stereocenters. The van der Waals surface area contributed by atoms with Crippen molar-refractivity contribution in [1.29, 1.82) is 0 Å². The van der Waals surface area contributed by atoms with Gasteiger partial charge in [0.2, 0.25) is 0 Å². The van der Waals surface area contributed by atoms with Crippen LogP contribution in [0, 0.1) is 11.3 Å². The van der Waals surface area contributed by atoms with Crippen molar-refractivity contribution < 1.29 is 0 Å². The molecule has 3 heteroatoms. The SMILES string of the molecule is CCC(C)(C)C1CCC(NCc2cn[nH]c2)CC1. The molecule has 1 aromatic heterocycles. The minimum absolute atomic E-state index is 0.523. The average molecular weight is 249 g/mol. The molecule has 0 bridgehead atoms. The van der Waals surface area contributed by atoms with Gasteiger partial charge in [-0.2, -0.15) is 5.10 Å². The lowest BCUT2D eigenvalue weighted by atomic mass is 9.69. The lowest BCUT2D eigenvalue weighted by molar-refractivity contribution is 0.137. The number of nitrogens with zero attached hydrogens (tertiary/aromatic N) is 1. The molecule has 102 valence electrons. The summed E-state index contributed by atoms with van der Waals surface area (Å²) in [5, 5.41) is 10.5. The van der Waals surface area contributed by atoms with Crippen LogP contribution in [-0.4, -0.2) is 16.2 Å². The van der Waals surface area contributed by atoms with Gasteiger partial charge in [0.1, 0.15) is 0 Å². The predicted molar refractivity (Wildman–Crippen MR) is 75.2 cm³/mol. The number of hydrogen-bond acceptors (Lipinski definition) is 2. The molecule has 1 aromatic rings. The fourth-order valence-electron chi connectivity index (χ4n) is 3.00. The third kappa shape index (κ3) is 3.35. The number of rotatable bonds is 5. The minimum atomic E-state index is 0.523. The highest BCUT2D eigenvalue weighted by molar-refractivity contribution is 5.02. The van der Waals surface area contributed by atoms with Gasteiger partial charge in [-0.3, -0.25) is 5.10 Å². The zero-order chi connectivity index (χ0) is 13.0. The fourth-order valence-corrected chi connectivity index (χ4v) is 3.00. The first-order chi connectivity index (χ1) is 8.62. The first kappa shape index (κ1) is 13.6.